The number of H-pyrrole nitrogens is 1. The molecular weight excluding hydrogens is 312 g/mol. The smallest absolute Gasteiger partial charge is 0.269 e. The Bertz CT molecular complexity index is 364. The average Bonchev–Trinajstić information content (AvgIpc) is 2.03. The third kappa shape index (κ3) is 2.37. The van der Waals surface area contributed by atoms with Crippen molar-refractivity contribution >= 4 is 31.9 Å². The second-order valence-electron chi connectivity index (χ2n) is 2.33. The highest BCUT2D eigenvalue weighted by Gasteiger charge is 2.14. The third-order valence-electron chi connectivity index (χ3n) is 1.48. The van der Waals surface area contributed by atoms with Crippen molar-refractivity contribution < 1.29 is 8.78 Å². The lowest BCUT2D eigenvalue weighted by molar-refractivity contribution is 0.149. The molecule has 0 aliphatic carbocycles. The fourth-order valence-corrected chi connectivity index (χ4v) is 2.08. The van der Waals surface area contributed by atoms with Gasteiger partial charge in [-0.15, -0.1) is 0 Å². The fraction of sp³-hybridized carbons (Fsp3) is 0.286. The minimum Gasteiger partial charge on any atom is -0.316 e. The third-order valence-corrected chi connectivity index (χ3v) is 2.79. The molecule has 1 aromatic rings. The van der Waals surface area contributed by atoms with E-state index in [0.717, 1.165) is 0 Å². The van der Waals surface area contributed by atoms with Crippen LogP contribution in [0.3, 0.4) is 0 Å². The van der Waals surface area contributed by atoms with E-state index in [1.165, 1.54) is 6.07 Å². The maximum absolute atomic E-state index is 12.2. The number of aromatic nitrogens is 1. The molecule has 0 saturated carbocycles. The summed E-state index contributed by atoms with van der Waals surface area (Å²) in [6.07, 6.45) is -2.74. The Morgan fingerprint density at radius 2 is 2.15 bits per heavy atom. The Kier molecular flexibility index (Phi) is 3.61. The van der Waals surface area contributed by atoms with Crippen LogP contribution in [0.2, 0.25) is 0 Å². The Hall–Kier alpha value is -0.230. The van der Waals surface area contributed by atoms with Crippen LogP contribution in [-0.2, 0) is 5.33 Å². The van der Waals surface area contributed by atoms with Gasteiger partial charge in [0.1, 0.15) is 0 Å². The SMILES string of the molecule is O=c1[nH]c(Br)c(CBr)cc1C(F)F. The van der Waals surface area contributed by atoms with E-state index in [-0.39, 0.29) is 0 Å². The highest BCUT2D eigenvalue weighted by Crippen LogP contribution is 2.21. The predicted octanol–water partition coefficient (Wildman–Crippen LogP) is 2.97. The lowest BCUT2D eigenvalue weighted by atomic mass is 10.2. The first-order valence-corrected chi connectivity index (χ1v) is 5.23. The van der Waals surface area contributed by atoms with Gasteiger partial charge < -0.3 is 4.98 Å². The van der Waals surface area contributed by atoms with Gasteiger partial charge in [-0.1, -0.05) is 15.9 Å². The summed E-state index contributed by atoms with van der Waals surface area (Å²) in [5.41, 5.74) is -0.667. The summed E-state index contributed by atoms with van der Waals surface area (Å²) in [6, 6.07) is 1.18. The first-order chi connectivity index (χ1) is 6.06. The van der Waals surface area contributed by atoms with E-state index in [1.807, 2.05) is 0 Å². The number of halogens is 4. The molecule has 13 heavy (non-hydrogen) atoms. The molecule has 0 saturated heterocycles. The molecule has 2 nitrogen and oxygen atoms in total. The van der Waals surface area contributed by atoms with Gasteiger partial charge in [0.15, 0.2) is 0 Å². The summed E-state index contributed by atoms with van der Waals surface area (Å²) in [6.45, 7) is 0. The molecule has 0 aromatic carbocycles. The number of hydrogen-bond donors (Lipinski definition) is 1. The van der Waals surface area contributed by atoms with E-state index in [2.05, 4.69) is 36.8 Å². The first kappa shape index (κ1) is 10.8. The minimum atomic E-state index is -2.74. The van der Waals surface area contributed by atoms with Crippen LogP contribution in [-0.4, -0.2) is 4.98 Å². The van der Waals surface area contributed by atoms with Crippen LogP contribution in [0.1, 0.15) is 17.6 Å². The first-order valence-electron chi connectivity index (χ1n) is 3.32. The van der Waals surface area contributed by atoms with Crippen LogP contribution in [0.15, 0.2) is 15.5 Å². The quantitative estimate of drug-likeness (QED) is 0.660. The molecule has 1 aromatic heterocycles. The second-order valence-corrected chi connectivity index (χ2v) is 3.68. The average molecular weight is 317 g/mol. The van der Waals surface area contributed by atoms with Gasteiger partial charge in [0.05, 0.1) is 10.2 Å². The van der Waals surface area contributed by atoms with Gasteiger partial charge in [0.2, 0.25) is 0 Å². The van der Waals surface area contributed by atoms with Gasteiger partial charge in [-0.25, -0.2) is 8.78 Å². The lowest BCUT2D eigenvalue weighted by Gasteiger charge is -2.03. The molecule has 1 rings (SSSR count). The Morgan fingerprint density at radius 1 is 1.54 bits per heavy atom. The van der Waals surface area contributed by atoms with Crippen molar-refractivity contribution in [2.45, 2.75) is 11.8 Å². The lowest BCUT2D eigenvalue weighted by Crippen LogP contribution is -2.14. The topological polar surface area (TPSA) is 32.9 Å². The minimum absolute atomic E-state index is 0.407. The summed E-state index contributed by atoms with van der Waals surface area (Å²) in [5, 5.41) is 0.407. The summed E-state index contributed by atoms with van der Waals surface area (Å²) in [4.78, 5) is 13.3. The number of nitrogens with one attached hydrogen (secondary N) is 1. The van der Waals surface area contributed by atoms with E-state index < -0.39 is 17.5 Å². The van der Waals surface area contributed by atoms with Gasteiger partial charge in [0.25, 0.3) is 12.0 Å². The highest BCUT2D eigenvalue weighted by atomic mass is 79.9. The van der Waals surface area contributed by atoms with Crippen LogP contribution in [0.4, 0.5) is 8.78 Å². The van der Waals surface area contributed by atoms with Gasteiger partial charge in [-0.05, 0) is 27.6 Å². The fourth-order valence-electron chi connectivity index (χ4n) is 0.828. The van der Waals surface area contributed by atoms with E-state index in [4.69, 9.17) is 0 Å². The van der Waals surface area contributed by atoms with Crippen LogP contribution in [0.25, 0.3) is 0 Å². The van der Waals surface area contributed by atoms with Crippen molar-refractivity contribution in [3.8, 4) is 0 Å². The van der Waals surface area contributed by atoms with Crippen molar-refractivity contribution in [2.75, 3.05) is 0 Å². The molecule has 72 valence electrons. The molecule has 0 aliphatic heterocycles. The molecular formula is C7H5Br2F2NO. The summed E-state index contributed by atoms with van der Waals surface area (Å²) in [5.74, 6) is 0. The van der Waals surface area contributed by atoms with Gasteiger partial charge in [0, 0.05) is 5.33 Å². The molecule has 0 unspecified atom stereocenters. The van der Waals surface area contributed by atoms with E-state index in [1.54, 1.807) is 0 Å². The molecule has 0 aliphatic rings. The van der Waals surface area contributed by atoms with Crippen LogP contribution < -0.4 is 5.56 Å². The van der Waals surface area contributed by atoms with Crippen molar-refractivity contribution in [2.24, 2.45) is 0 Å². The number of pyridine rings is 1. The Morgan fingerprint density at radius 3 is 2.62 bits per heavy atom. The van der Waals surface area contributed by atoms with Gasteiger partial charge >= 0.3 is 0 Å². The van der Waals surface area contributed by atoms with Crippen molar-refractivity contribution in [1.82, 2.24) is 4.98 Å². The zero-order chi connectivity index (χ0) is 10.0. The second kappa shape index (κ2) is 4.32. The molecule has 0 atom stereocenters. The summed E-state index contributed by atoms with van der Waals surface area (Å²) < 4.78 is 24.9. The zero-order valence-electron chi connectivity index (χ0n) is 6.28. The molecule has 6 heteroatoms. The van der Waals surface area contributed by atoms with E-state index >= 15 is 0 Å². The zero-order valence-corrected chi connectivity index (χ0v) is 9.45. The number of hydrogen-bond acceptors (Lipinski definition) is 1. The molecule has 0 spiro atoms. The standard InChI is InChI=1S/C7H5Br2F2NO/c8-2-3-1-4(6(10)11)7(13)12-5(3)9/h1,6H,2H2,(H,12,13). The number of aromatic amines is 1. The molecule has 1 N–H and O–H groups in total. The molecule has 0 radical (unpaired) electrons. The van der Waals surface area contributed by atoms with Crippen LogP contribution in [0, 0.1) is 0 Å². The number of rotatable bonds is 2. The van der Waals surface area contributed by atoms with Crippen LogP contribution in [0.5, 0.6) is 0 Å². The highest BCUT2D eigenvalue weighted by molar-refractivity contribution is 9.10. The van der Waals surface area contributed by atoms with Gasteiger partial charge in [-0.2, -0.15) is 0 Å². The monoisotopic (exact) mass is 315 g/mol. The Balaban J connectivity index is 3.31. The Labute approximate surface area is 89.6 Å². The maximum Gasteiger partial charge on any atom is 0.269 e. The maximum atomic E-state index is 12.2. The summed E-state index contributed by atoms with van der Waals surface area (Å²) in [7, 11) is 0. The molecule has 0 amide bonds. The van der Waals surface area contributed by atoms with E-state index in [9.17, 15) is 13.6 Å². The van der Waals surface area contributed by atoms with Crippen molar-refractivity contribution in [3.63, 3.8) is 0 Å². The summed E-state index contributed by atoms with van der Waals surface area (Å²) >= 11 is 6.18. The predicted molar refractivity (Wildman–Crippen MR) is 52.4 cm³/mol. The van der Waals surface area contributed by atoms with Crippen molar-refractivity contribution in [1.29, 1.82) is 0 Å². The largest absolute Gasteiger partial charge is 0.316 e. The molecule has 0 fully saturated rings. The normalized spacial score (nSPS) is 10.8. The van der Waals surface area contributed by atoms with E-state index in [0.29, 0.717) is 15.5 Å². The molecule has 0 bridgehead atoms. The van der Waals surface area contributed by atoms with Crippen LogP contribution >= 0.6 is 31.9 Å². The molecule has 1 heterocycles. The van der Waals surface area contributed by atoms with Crippen molar-refractivity contribution in [3.05, 3.63) is 32.2 Å². The van der Waals surface area contributed by atoms with Gasteiger partial charge in [-0.3, -0.25) is 4.79 Å². The number of alkyl halides is 3.